The molecule has 1 fully saturated rings. The molecule has 4 rings (SSSR count). The monoisotopic (exact) mass is 307 g/mol. The molecule has 0 unspecified atom stereocenters. The molecular formula is C20H21NS. The number of likely N-dealkylation sites (tertiary alicyclic amines) is 1. The van der Waals surface area contributed by atoms with Crippen molar-refractivity contribution in [3.05, 3.63) is 69.7 Å². The van der Waals surface area contributed by atoms with Crippen molar-refractivity contribution in [2.24, 2.45) is 0 Å². The Balaban J connectivity index is 1.84. The maximum absolute atomic E-state index is 2.43. The van der Waals surface area contributed by atoms with E-state index >= 15 is 0 Å². The van der Waals surface area contributed by atoms with E-state index in [0.29, 0.717) is 0 Å². The molecule has 0 aromatic heterocycles. The van der Waals surface area contributed by atoms with Gasteiger partial charge < -0.3 is 4.90 Å². The molecule has 2 heterocycles. The molecule has 112 valence electrons. The van der Waals surface area contributed by atoms with Gasteiger partial charge in [-0.25, -0.2) is 0 Å². The van der Waals surface area contributed by atoms with Gasteiger partial charge in [0, 0.05) is 22.9 Å². The maximum Gasteiger partial charge on any atom is 0.0193 e. The highest BCUT2D eigenvalue weighted by Crippen LogP contribution is 2.47. The van der Waals surface area contributed by atoms with Gasteiger partial charge in [0.2, 0.25) is 0 Å². The predicted octanol–water partition coefficient (Wildman–Crippen LogP) is 5.10. The van der Waals surface area contributed by atoms with Crippen molar-refractivity contribution in [3.8, 4) is 0 Å². The zero-order valence-corrected chi connectivity index (χ0v) is 13.8. The van der Waals surface area contributed by atoms with Gasteiger partial charge in [0.05, 0.1) is 0 Å². The standard InChI is InChI=1S/C20H21NS/c1-21-12-10-15(11-13-21)20-18-8-4-2-6-16(18)14-17-7-3-5-9-19(17)22-20/h2-6,8-9,14H,7,10-13H2,1H3. The van der Waals surface area contributed by atoms with Gasteiger partial charge >= 0.3 is 0 Å². The molecule has 1 aromatic rings. The van der Waals surface area contributed by atoms with Gasteiger partial charge in [0.25, 0.3) is 0 Å². The number of nitrogens with zero attached hydrogens (tertiary/aromatic N) is 1. The molecule has 1 aromatic carbocycles. The smallest absolute Gasteiger partial charge is 0.0193 e. The van der Waals surface area contributed by atoms with Gasteiger partial charge in [-0.05, 0) is 55.2 Å². The van der Waals surface area contributed by atoms with Gasteiger partial charge in [0.15, 0.2) is 0 Å². The van der Waals surface area contributed by atoms with Crippen LogP contribution < -0.4 is 0 Å². The SMILES string of the molecule is CN1CCC(=C2SC3=CC=CCC3=Cc3ccccc32)CC1. The van der Waals surface area contributed by atoms with E-state index in [-0.39, 0.29) is 0 Å². The highest BCUT2D eigenvalue weighted by Gasteiger charge is 2.22. The van der Waals surface area contributed by atoms with Crippen LogP contribution >= 0.6 is 11.8 Å². The van der Waals surface area contributed by atoms with Crippen LogP contribution in [0.25, 0.3) is 11.0 Å². The third-order valence-corrected chi connectivity index (χ3v) is 6.03. The molecule has 1 nitrogen and oxygen atoms in total. The number of thioether (sulfide) groups is 1. The van der Waals surface area contributed by atoms with Gasteiger partial charge in [0.1, 0.15) is 0 Å². The Morgan fingerprint density at radius 3 is 2.77 bits per heavy atom. The molecule has 0 N–H and O–H groups in total. The molecule has 0 atom stereocenters. The van der Waals surface area contributed by atoms with Crippen LogP contribution in [0.3, 0.4) is 0 Å². The summed E-state index contributed by atoms with van der Waals surface area (Å²) in [5, 5.41) is 0. The largest absolute Gasteiger partial charge is 0.306 e. The van der Waals surface area contributed by atoms with Crippen LogP contribution in [0.5, 0.6) is 0 Å². The van der Waals surface area contributed by atoms with Gasteiger partial charge in [-0.1, -0.05) is 53.8 Å². The second-order valence-electron chi connectivity index (χ2n) is 6.26. The quantitative estimate of drug-likeness (QED) is 0.656. The molecule has 1 aliphatic carbocycles. The Morgan fingerprint density at radius 1 is 1.09 bits per heavy atom. The van der Waals surface area contributed by atoms with Crippen LogP contribution in [0.1, 0.15) is 30.4 Å². The molecule has 0 spiro atoms. The summed E-state index contributed by atoms with van der Waals surface area (Å²) in [5.74, 6) is 0. The lowest BCUT2D eigenvalue weighted by Crippen LogP contribution is -2.26. The van der Waals surface area contributed by atoms with E-state index in [2.05, 4.69) is 60.5 Å². The van der Waals surface area contributed by atoms with Crippen LogP contribution in [0.15, 0.2) is 58.5 Å². The van der Waals surface area contributed by atoms with Gasteiger partial charge in [-0.3, -0.25) is 0 Å². The van der Waals surface area contributed by atoms with Crippen LogP contribution in [0, 0.1) is 0 Å². The van der Waals surface area contributed by atoms with Crippen molar-refractivity contribution in [1.82, 2.24) is 4.90 Å². The summed E-state index contributed by atoms with van der Waals surface area (Å²) in [5.41, 5.74) is 5.91. The van der Waals surface area contributed by atoms with Crippen LogP contribution in [-0.2, 0) is 0 Å². The van der Waals surface area contributed by atoms with E-state index in [9.17, 15) is 0 Å². The fourth-order valence-corrected chi connectivity index (χ4v) is 4.63. The van der Waals surface area contributed by atoms with E-state index in [1.54, 1.807) is 5.57 Å². The Labute approximate surface area is 137 Å². The van der Waals surface area contributed by atoms with Gasteiger partial charge in [-0.2, -0.15) is 0 Å². The van der Waals surface area contributed by atoms with E-state index in [1.807, 2.05) is 11.8 Å². The number of benzene rings is 1. The van der Waals surface area contributed by atoms with Crippen molar-refractivity contribution >= 4 is 22.7 Å². The summed E-state index contributed by atoms with van der Waals surface area (Å²) < 4.78 is 0. The van der Waals surface area contributed by atoms with Crippen LogP contribution in [-0.4, -0.2) is 25.0 Å². The molecule has 0 radical (unpaired) electrons. The summed E-state index contributed by atoms with van der Waals surface area (Å²) >= 11 is 1.99. The molecule has 0 amide bonds. The lowest BCUT2D eigenvalue weighted by Gasteiger charge is -2.26. The van der Waals surface area contributed by atoms with Crippen molar-refractivity contribution in [2.75, 3.05) is 20.1 Å². The topological polar surface area (TPSA) is 3.24 Å². The number of rotatable bonds is 0. The summed E-state index contributed by atoms with van der Waals surface area (Å²) in [6.45, 7) is 2.36. The predicted molar refractivity (Wildman–Crippen MR) is 97.5 cm³/mol. The summed E-state index contributed by atoms with van der Waals surface area (Å²) in [6, 6.07) is 8.89. The Morgan fingerprint density at radius 2 is 1.91 bits per heavy atom. The summed E-state index contributed by atoms with van der Waals surface area (Å²) in [6.07, 6.45) is 12.6. The highest BCUT2D eigenvalue weighted by molar-refractivity contribution is 8.12. The third kappa shape index (κ3) is 2.62. The van der Waals surface area contributed by atoms with E-state index in [1.165, 1.54) is 52.4 Å². The number of allylic oxidation sites excluding steroid dienone is 4. The molecule has 1 saturated heterocycles. The summed E-state index contributed by atoms with van der Waals surface area (Å²) in [4.78, 5) is 5.38. The first-order valence-corrected chi connectivity index (χ1v) is 8.88. The Kier molecular flexibility index (Phi) is 3.81. The van der Waals surface area contributed by atoms with Crippen molar-refractivity contribution < 1.29 is 0 Å². The van der Waals surface area contributed by atoms with Crippen LogP contribution in [0.4, 0.5) is 0 Å². The number of hydrogen-bond donors (Lipinski definition) is 0. The minimum absolute atomic E-state index is 1.05. The second kappa shape index (κ2) is 5.94. The zero-order chi connectivity index (χ0) is 14.9. The second-order valence-corrected chi connectivity index (χ2v) is 7.31. The normalized spacial score (nSPS) is 21.7. The molecule has 22 heavy (non-hydrogen) atoms. The minimum atomic E-state index is 1.05. The summed E-state index contributed by atoms with van der Waals surface area (Å²) in [7, 11) is 2.23. The minimum Gasteiger partial charge on any atom is -0.306 e. The van der Waals surface area contributed by atoms with E-state index in [4.69, 9.17) is 0 Å². The average Bonchev–Trinajstić information content (AvgIpc) is 2.72. The van der Waals surface area contributed by atoms with Gasteiger partial charge in [-0.15, -0.1) is 0 Å². The van der Waals surface area contributed by atoms with Crippen molar-refractivity contribution in [2.45, 2.75) is 19.3 Å². The maximum atomic E-state index is 2.43. The first-order chi connectivity index (χ1) is 10.8. The molecule has 2 aliphatic heterocycles. The molecule has 3 aliphatic rings. The Bertz CT molecular complexity index is 711. The number of hydrogen-bond acceptors (Lipinski definition) is 2. The molecule has 2 heteroatoms. The first kappa shape index (κ1) is 14.1. The zero-order valence-electron chi connectivity index (χ0n) is 13.0. The van der Waals surface area contributed by atoms with Crippen LogP contribution in [0.2, 0.25) is 0 Å². The molecule has 0 bridgehead atoms. The van der Waals surface area contributed by atoms with E-state index < -0.39 is 0 Å². The fourth-order valence-electron chi connectivity index (χ4n) is 3.35. The lowest BCUT2D eigenvalue weighted by atomic mass is 9.96. The fraction of sp³-hybridized carbons (Fsp3) is 0.300. The first-order valence-electron chi connectivity index (χ1n) is 8.07. The molecular weight excluding hydrogens is 286 g/mol. The molecule has 0 saturated carbocycles. The highest BCUT2D eigenvalue weighted by atomic mass is 32.2. The lowest BCUT2D eigenvalue weighted by molar-refractivity contribution is 0.313. The van der Waals surface area contributed by atoms with Crippen molar-refractivity contribution in [1.29, 1.82) is 0 Å². The Hall–Kier alpha value is -1.51. The third-order valence-electron chi connectivity index (χ3n) is 4.70. The number of fused-ring (bicyclic) bond motifs is 2. The van der Waals surface area contributed by atoms with E-state index in [0.717, 1.165) is 6.42 Å². The van der Waals surface area contributed by atoms with Crippen molar-refractivity contribution in [3.63, 3.8) is 0 Å². The average molecular weight is 307 g/mol. The number of piperidine rings is 1.